The molecular formula is C13H26N2O6S. The molecule has 0 bridgehead atoms. The van der Waals surface area contributed by atoms with Gasteiger partial charge in [0.15, 0.2) is 0 Å². The third-order valence-electron chi connectivity index (χ3n) is 3.30. The molecule has 2 N–H and O–H groups in total. The second-order valence-electron chi connectivity index (χ2n) is 5.36. The number of hydrogen-bond acceptors (Lipinski definition) is 5. The summed E-state index contributed by atoms with van der Waals surface area (Å²) in [6.45, 7) is 2.36. The number of carboxylic acids is 2. The van der Waals surface area contributed by atoms with E-state index in [0.29, 0.717) is 19.4 Å². The highest BCUT2D eigenvalue weighted by Gasteiger charge is 2.28. The largest absolute Gasteiger partial charge is 0.481 e. The molecular weight excluding hydrogens is 312 g/mol. The second-order valence-corrected chi connectivity index (χ2v) is 7.66. The molecule has 0 spiro atoms. The Morgan fingerprint density at radius 1 is 1.23 bits per heavy atom. The van der Waals surface area contributed by atoms with Gasteiger partial charge in [-0.15, -0.1) is 0 Å². The topological polar surface area (TPSA) is 115 Å². The first-order valence-electron chi connectivity index (χ1n) is 7.14. The van der Waals surface area contributed by atoms with E-state index in [1.54, 1.807) is 0 Å². The van der Waals surface area contributed by atoms with E-state index in [1.807, 2.05) is 4.90 Å². The molecule has 0 amide bonds. The smallest absolute Gasteiger partial charge is 0.320 e. The number of aliphatic carboxylic acids is 2. The van der Waals surface area contributed by atoms with Crippen molar-refractivity contribution in [2.24, 2.45) is 0 Å². The summed E-state index contributed by atoms with van der Waals surface area (Å²) >= 11 is 0. The molecule has 1 aliphatic heterocycles. The Hall–Kier alpha value is -1.19. The van der Waals surface area contributed by atoms with Crippen LogP contribution in [0.3, 0.4) is 0 Å². The van der Waals surface area contributed by atoms with Crippen LogP contribution in [0.4, 0.5) is 0 Å². The molecule has 0 aliphatic carbocycles. The van der Waals surface area contributed by atoms with Gasteiger partial charge in [0.2, 0.25) is 10.0 Å². The van der Waals surface area contributed by atoms with Crippen LogP contribution in [0.1, 0.15) is 32.6 Å². The summed E-state index contributed by atoms with van der Waals surface area (Å²) in [5.41, 5.74) is 0. The van der Waals surface area contributed by atoms with Gasteiger partial charge in [-0.05, 0) is 25.8 Å². The zero-order valence-electron chi connectivity index (χ0n) is 13.4. The van der Waals surface area contributed by atoms with Crippen molar-refractivity contribution in [1.82, 2.24) is 9.21 Å². The average molecular weight is 338 g/mol. The van der Waals surface area contributed by atoms with Crippen molar-refractivity contribution < 1.29 is 28.2 Å². The molecule has 1 atom stereocenters. The molecule has 1 unspecified atom stereocenters. The van der Waals surface area contributed by atoms with E-state index in [1.165, 1.54) is 18.4 Å². The average Bonchev–Trinajstić information content (AvgIpc) is 2.38. The molecule has 1 rings (SSSR count). The van der Waals surface area contributed by atoms with Crippen LogP contribution < -0.4 is 0 Å². The molecule has 0 radical (unpaired) electrons. The van der Waals surface area contributed by atoms with Crippen LogP contribution in [-0.4, -0.2) is 78.8 Å². The highest BCUT2D eigenvalue weighted by Crippen LogP contribution is 2.17. The maximum Gasteiger partial charge on any atom is 0.320 e. The summed E-state index contributed by atoms with van der Waals surface area (Å²) in [5, 5.41) is 16.5. The van der Waals surface area contributed by atoms with Gasteiger partial charge in [0.25, 0.3) is 5.97 Å². The second kappa shape index (κ2) is 9.75. The molecule has 8 nitrogen and oxygen atoms in total. The van der Waals surface area contributed by atoms with Gasteiger partial charge in [-0.3, -0.25) is 14.5 Å². The molecule has 0 aromatic carbocycles. The molecule has 130 valence electrons. The van der Waals surface area contributed by atoms with Crippen molar-refractivity contribution in [2.75, 3.05) is 32.9 Å². The standard InChI is InChI=1S/C11H22N2O4S.C2H4O2/c1-12(2)18(16,17)9-5-8-13-7-4-3-6-10(13)11(14)15;1-2(3)4/h10H,3-9H2,1-2H3,(H,14,15);1H3,(H,3,4). The Morgan fingerprint density at radius 2 is 1.77 bits per heavy atom. The highest BCUT2D eigenvalue weighted by atomic mass is 32.2. The Bertz CT molecular complexity index is 459. The van der Waals surface area contributed by atoms with Crippen molar-refractivity contribution in [1.29, 1.82) is 0 Å². The molecule has 1 saturated heterocycles. The molecule has 1 fully saturated rings. The monoisotopic (exact) mass is 338 g/mol. The van der Waals surface area contributed by atoms with Gasteiger partial charge in [-0.2, -0.15) is 0 Å². The first-order valence-corrected chi connectivity index (χ1v) is 8.75. The number of sulfonamides is 1. The van der Waals surface area contributed by atoms with Crippen molar-refractivity contribution in [3.63, 3.8) is 0 Å². The van der Waals surface area contributed by atoms with E-state index in [-0.39, 0.29) is 5.75 Å². The molecule has 9 heteroatoms. The summed E-state index contributed by atoms with van der Waals surface area (Å²) in [6, 6.07) is -0.444. The van der Waals surface area contributed by atoms with Gasteiger partial charge in [0.05, 0.1) is 5.75 Å². The van der Waals surface area contributed by atoms with Gasteiger partial charge in [-0.1, -0.05) is 6.42 Å². The van der Waals surface area contributed by atoms with Gasteiger partial charge in [0, 0.05) is 27.6 Å². The minimum Gasteiger partial charge on any atom is -0.481 e. The predicted octanol–water partition coefficient (Wildman–Crippen LogP) is 0.298. The van der Waals surface area contributed by atoms with Crippen LogP contribution in [0.2, 0.25) is 0 Å². The van der Waals surface area contributed by atoms with E-state index in [0.717, 1.165) is 26.3 Å². The van der Waals surface area contributed by atoms with E-state index in [9.17, 15) is 13.2 Å². The number of rotatable bonds is 6. The molecule has 0 aromatic heterocycles. The predicted molar refractivity (Wildman–Crippen MR) is 82.2 cm³/mol. The van der Waals surface area contributed by atoms with Gasteiger partial charge >= 0.3 is 5.97 Å². The number of likely N-dealkylation sites (tertiary alicyclic amines) is 1. The fourth-order valence-electron chi connectivity index (χ4n) is 2.17. The lowest BCUT2D eigenvalue weighted by molar-refractivity contribution is -0.144. The van der Waals surface area contributed by atoms with E-state index >= 15 is 0 Å². The third kappa shape index (κ3) is 8.30. The number of carbonyl (C=O) groups is 2. The summed E-state index contributed by atoms with van der Waals surface area (Å²) < 4.78 is 24.4. The van der Waals surface area contributed by atoms with Gasteiger partial charge in [-0.25, -0.2) is 12.7 Å². The molecule has 0 aromatic rings. The Balaban J connectivity index is 0.000000980. The third-order valence-corrected chi connectivity index (χ3v) is 5.22. The Kier molecular flexibility index (Phi) is 9.22. The van der Waals surface area contributed by atoms with Crippen molar-refractivity contribution in [2.45, 2.75) is 38.6 Å². The van der Waals surface area contributed by atoms with Crippen LogP contribution in [0.5, 0.6) is 0 Å². The molecule has 1 heterocycles. The van der Waals surface area contributed by atoms with Gasteiger partial charge in [0.1, 0.15) is 6.04 Å². The normalized spacial score (nSPS) is 19.4. The number of piperidine rings is 1. The number of nitrogens with zero attached hydrogens (tertiary/aromatic N) is 2. The first-order chi connectivity index (χ1) is 10.1. The Morgan fingerprint density at radius 3 is 2.23 bits per heavy atom. The van der Waals surface area contributed by atoms with Gasteiger partial charge < -0.3 is 10.2 Å². The lowest BCUT2D eigenvalue weighted by Gasteiger charge is -2.32. The van der Waals surface area contributed by atoms with Crippen LogP contribution >= 0.6 is 0 Å². The zero-order chi connectivity index (χ0) is 17.3. The van der Waals surface area contributed by atoms with Crippen LogP contribution in [0.25, 0.3) is 0 Å². The minimum absolute atomic E-state index is 0.0723. The van der Waals surface area contributed by atoms with Crippen LogP contribution in [0, 0.1) is 0 Å². The summed E-state index contributed by atoms with van der Waals surface area (Å²) in [7, 11) is -0.157. The van der Waals surface area contributed by atoms with Crippen LogP contribution in [0.15, 0.2) is 0 Å². The van der Waals surface area contributed by atoms with Crippen molar-refractivity contribution in [3.8, 4) is 0 Å². The maximum absolute atomic E-state index is 11.6. The number of hydrogen-bond donors (Lipinski definition) is 2. The van der Waals surface area contributed by atoms with Crippen molar-refractivity contribution >= 4 is 22.0 Å². The van der Waals surface area contributed by atoms with E-state index in [4.69, 9.17) is 15.0 Å². The lowest BCUT2D eigenvalue weighted by Crippen LogP contribution is -2.45. The van der Waals surface area contributed by atoms with E-state index < -0.39 is 28.0 Å². The maximum atomic E-state index is 11.6. The SMILES string of the molecule is CC(=O)O.CN(C)S(=O)(=O)CCCN1CCCCC1C(=O)O. The fourth-order valence-corrected chi connectivity index (χ4v) is 3.03. The zero-order valence-corrected chi connectivity index (χ0v) is 14.2. The summed E-state index contributed by atoms with van der Waals surface area (Å²) in [6.07, 6.45) is 3.06. The molecule has 1 aliphatic rings. The Labute approximate surface area is 131 Å². The summed E-state index contributed by atoms with van der Waals surface area (Å²) in [4.78, 5) is 22.0. The molecule has 22 heavy (non-hydrogen) atoms. The first kappa shape index (κ1) is 20.8. The van der Waals surface area contributed by atoms with Crippen molar-refractivity contribution in [3.05, 3.63) is 0 Å². The summed E-state index contributed by atoms with van der Waals surface area (Å²) in [5.74, 6) is -1.56. The highest BCUT2D eigenvalue weighted by molar-refractivity contribution is 7.89. The molecule has 0 saturated carbocycles. The fraction of sp³-hybridized carbons (Fsp3) is 0.846. The quantitative estimate of drug-likeness (QED) is 0.715. The van der Waals surface area contributed by atoms with E-state index in [2.05, 4.69) is 0 Å². The number of carboxylic acid groups (broad SMARTS) is 2. The minimum atomic E-state index is -3.18. The van der Waals surface area contributed by atoms with Crippen LogP contribution in [-0.2, 0) is 19.6 Å². The lowest BCUT2D eigenvalue weighted by atomic mass is 10.0.